The average Bonchev–Trinajstić information content (AvgIpc) is 3.28. The number of fused-ring (bicyclic) bond motifs is 1. The van der Waals surface area contributed by atoms with Crippen molar-refractivity contribution >= 4 is 27.5 Å². The lowest BCUT2D eigenvalue weighted by Gasteiger charge is -2.37. The van der Waals surface area contributed by atoms with Gasteiger partial charge in [-0.1, -0.05) is 12.1 Å². The van der Waals surface area contributed by atoms with E-state index in [2.05, 4.69) is 0 Å². The lowest BCUT2D eigenvalue weighted by atomic mass is 9.72. The van der Waals surface area contributed by atoms with E-state index in [4.69, 9.17) is 4.74 Å². The lowest BCUT2D eigenvalue weighted by Crippen LogP contribution is -2.37. The molecule has 3 heterocycles. The number of carbonyl (C=O) groups is 1. The zero-order chi connectivity index (χ0) is 19.0. The van der Waals surface area contributed by atoms with Gasteiger partial charge in [0.15, 0.2) is 0 Å². The van der Waals surface area contributed by atoms with Crippen molar-refractivity contribution in [2.75, 3.05) is 26.3 Å². The standard InChI is InChI=1S/C20H24FNO4S/c21-15-3-1-2-14-10-16(27-17(14)15)18(23)20(6-7-22(12-20)19(24)25)11-13-4-8-26-9-5-13/h1-3,10,13,18,23H,4-9,11-12H2,(H,24,25). The average molecular weight is 393 g/mol. The third kappa shape index (κ3) is 3.56. The minimum absolute atomic E-state index is 0.284. The van der Waals surface area contributed by atoms with E-state index in [1.807, 2.05) is 12.1 Å². The number of rotatable bonds is 4. The van der Waals surface area contributed by atoms with Crippen molar-refractivity contribution in [3.63, 3.8) is 0 Å². The molecule has 2 aromatic rings. The van der Waals surface area contributed by atoms with Gasteiger partial charge in [-0.15, -0.1) is 11.3 Å². The Hall–Kier alpha value is -1.70. The quantitative estimate of drug-likeness (QED) is 0.814. The van der Waals surface area contributed by atoms with Crippen LogP contribution in [0, 0.1) is 17.2 Å². The first-order valence-corrected chi connectivity index (χ1v) is 10.2. The summed E-state index contributed by atoms with van der Waals surface area (Å²) < 4.78 is 20.1. The molecule has 146 valence electrons. The summed E-state index contributed by atoms with van der Waals surface area (Å²) in [5, 5.41) is 21.5. The minimum Gasteiger partial charge on any atom is -0.465 e. The molecule has 2 atom stereocenters. The number of halogens is 1. The van der Waals surface area contributed by atoms with Gasteiger partial charge in [-0.3, -0.25) is 0 Å². The van der Waals surface area contributed by atoms with E-state index in [1.54, 1.807) is 6.07 Å². The Balaban J connectivity index is 1.66. The number of ether oxygens (including phenoxy) is 1. The Morgan fingerprint density at radius 2 is 2.19 bits per heavy atom. The van der Waals surface area contributed by atoms with E-state index in [-0.39, 0.29) is 5.82 Å². The fourth-order valence-electron chi connectivity index (χ4n) is 4.57. The molecule has 7 heteroatoms. The molecule has 1 aromatic heterocycles. The number of nitrogens with zero attached hydrogens (tertiary/aromatic N) is 1. The zero-order valence-corrected chi connectivity index (χ0v) is 15.9. The molecule has 2 unspecified atom stereocenters. The molecular weight excluding hydrogens is 369 g/mol. The topological polar surface area (TPSA) is 70.0 Å². The predicted octanol–water partition coefficient (Wildman–Crippen LogP) is 4.26. The Bertz CT molecular complexity index is 834. The van der Waals surface area contributed by atoms with Crippen molar-refractivity contribution in [2.24, 2.45) is 11.3 Å². The van der Waals surface area contributed by atoms with Crippen molar-refractivity contribution in [3.8, 4) is 0 Å². The third-order valence-electron chi connectivity index (χ3n) is 6.06. The zero-order valence-electron chi connectivity index (χ0n) is 15.1. The molecule has 0 saturated carbocycles. The second-order valence-electron chi connectivity index (χ2n) is 7.79. The van der Waals surface area contributed by atoms with Crippen LogP contribution in [0.3, 0.4) is 0 Å². The molecule has 2 aliphatic rings. The molecular formula is C20H24FNO4S. The van der Waals surface area contributed by atoms with Crippen molar-refractivity contribution in [3.05, 3.63) is 35.0 Å². The number of hydrogen-bond donors (Lipinski definition) is 2. The monoisotopic (exact) mass is 393 g/mol. The Labute approximate surface area is 161 Å². The summed E-state index contributed by atoms with van der Waals surface area (Å²) in [5.41, 5.74) is -0.530. The van der Waals surface area contributed by atoms with E-state index >= 15 is 0 Å². The van der Waals surface area contributed by atoms with Crippen molar-refractivity contribution in [2.45, 2.75) is 31.8 Å². The summed E-state index contributed by atoms with van der Waals surface area (Å²) in [6, 6.07) is 6.78. The van der Waals surface area contributed by atoms with Crippen LogP contribution in [0.4, 0.5) is 9.18 Å². The molecule has 1 amide bonds. The van der Waals surface area contributed by atoms with Gasteiger partial charge in [0.25, 0.3) is 0 Å². The van der Waals surface area contributed by atoms with E-state index in [0.717, 1.165) is 29.5 Å². The molecule has 2 fully saturated rings. The highest BCUT2D eigenvalue weighted by molar-refractivity contribution is 7.19. The summed E-state index contributed by atoms with van der Waals surface area (Å²) in [4.78, 5) is 13.6. The molecule has 0 aliphatic carbocycles. The van der Waals surface area contributed by atoms with Gasteiger partial charge in [-0.05, 0) is 49.1 Å². The van der Waals surface area contributed by atoms with Crippen molar-refractivity contribution in [1.82, 2.24) is 4.90 Å². The summed E-state index contributed by atoms with van der Waals surface area (Å²) in [6.45, 7) is 2.17. The number of likely N-dealkylation sites (tertiary alicyclic amines) is 1. The molecule has 1 aromatic carbocycles. The molecule has 2 saturated heterocycles. The highest BCUT2D eigenvalue weighted by atomic mass is 32.1. The molecule has 2 N–H and O–H groups in total. The van der Waals surface area contributed by atoms with Crippen LogP contribution in [0.2, 0.25) is 0 Å². The first-order chi connectivity index (χ1) is 13.0. The predicted molar refractivity (Wildman–Crippen MR) is 102 cm³/mol. The number of aliphatic hydroxyl groups excluding tert-OH is 1. The van der Waals surface area contributed by atoms with Gasteiger partial charge in [0.1, 0.15) is 5.82 Å². The van der Waals surface area contributed by atoms with Gasteiger partial charge in [0.2, 0.25) is 0 Å². The Morgan fingerprint density at radius 1 is 1.41 bits per heavy atom. The summed E-state index contributed by atoms with van der Waals surface area (Å²) in [6.07, 6.45) is 1.50. The van der Waals surface area contributed by atoms with Crippen LogP contribution >= 0.6 is 11.3 Å². The minimum atomic E-state index is -0.946. The van der Waals surface area contributed by atoms with Crippen LogP contribution in [0.5, 0.6) is 0 Å². The second kappa shape index (κ2) is 7.37. The highest BCUT2D eigenvalue weighted by Gasteiger charge is 2.47. The molecule has 2 aliphatic heterocycles. The fraction of sp³-hybridized carbons (Fsp3) is 0.550. The van der Waals surface area contributed by atoms with Crippen LogP contribution in [0.15, 0.2) is 24.3 Å². The second-order valence-corrected chi connectivity index (χ2v) is 8.87. The number of thiophene rings is 1. The number of amides is 1. The normalized spacial score (nSPS) is 25.2. The largest absolute Gasteiger partial charge is 0.465 e. The summed E-state index contributed by atoms with van der Waals surface area (Å²) in [7, 11) is 0. The molecule has 0 radical (unpaired) electrons. The summed E-state index contributed by atoms with van der Waals surface area (Å²) in [5.74, 6) is 0.126. The molecule has 5 nitrogen and oxygen atoms in total. The van der Waals surface area contributed by atoms with Crippen LogP contribution in [0.25, 0.3) is 10.1 Å². The SMILES string of the molecule is O=C(O)N1CCC(CC2CCOCC2)(C(O)c2cc3cccc(F)c3s2)C1. The molecule has 0 bridgehead atoms. The van der Waals surface area contributed by atoms with Crippen LogP contribution in [0.1, 0.15) is 36.7 Å². The smallest absolute Gasteiger partial charge is 0.407 e. The number of benzene rings is 1. The Kier molecular flexibility index (Phi) is 5.09. The third-order valence-corrected chi connectivity index (χ3v) is 7.27. The van der Waals surface area contributed by atoms with Gasteiger partial charge in [0, 0.05) is 36.6 Å². The maximum atomic E-state index is 14.1. The molecule has 0 spiro atoms. The van der Waals surface area contributed by atoms with Gasteiger partial charge in [-0.25, -0.2) is 9.18 Å². The van der Waals surface area contributed by atoms with Crippen LogP contribution in [-0.4, -0.2) is 47.5 Å². The summed E-state index contributed by atoms with van der Waals surface area (Å²) >= 11 is 1.27. The number of carboxylic acid groups (broad SMARTS) is 1. The van der Waals surface area contributed by atoms with Crippen molar-refractivity contribution < 1.29 is 24.1 Å². The first kappa shape index (κ1) is 18.7. The maximum absolute atomic E-state index is 14.1. The number of aliphatic hydroxyl groups is 1. The van der Waals surface area contributed by atoms with E-state index in [0.29, 0.717) is 43.3 Å². The molecule has 27 heavy (non-hydrogen) atoms. The van der Waals surface area contributed by atoms with E-state index in [9.17, 15) is 19.4 Å². The first-order valence-electron chi connectivity index (χ1n) is 9.40. The lowest BCUT2D eigenvalue weighted by molar-refractivity contribution is -0.00927. The highest BCUT2D eigenvalue weighted by Crippen LogP contribution is 2.50. The van der Waals surface area contributed by atoms with Crippen LogP contribution < -0.4 is 0 Å². The van der Waals surface area contributed by atoms with Gasteiger partial charge < -0.3 is 19.8 Å². The van der Waals surface area contributed by atoms with Gasteiger partial charge in [0.05, 0.1) is 10.8 Å². The van der Waals surface area contributed by atoms with Crippen molar-refractivity contribution in [1.29, 1.82) is 0 Å². The Morgan fingerprint density at radius 3 is 2.85 bits per heavy atom. The molecule has 4 rings (SSSR count). The maximum Gasteiger partial charge on any atom is 0.407 e. The fourth-order valence-corrected chi connectivity index (χ4v) is 5.76. The van der Waals surface area contributed by atoms with Crippen LogP contribution in [-0.2, 0) is 4.74 Å². The van der Waals surface area contributed by atoms with E-state index < -0.39 is 17.6 Å². The van der Waals surface area contributed by atoms with Gasteiger partial charge in [-0.2, -0.15) is 0 Å². The van der Waals surface area contributed by atoms with E-state index in [1.165, 1.54) is 22.3 Å². The van der Waals surface area contributed by atoms with Gasteiger partial charge >= 0.3 is 6.09 Å². The number of hydrogen-bond acceptors (Lipinski definition) is 4.